The lowest BCUT2D eigenvalue weighted by atomic mass is 10.0. The van der Waals surface area contributed by atoms with Gasteiger partial charge in [-0.2, -0.15) is 18.4 Å². The zero-order valence-electron chi connectivity index (χ0n) is 17.3. The number of rotatable bonds is 4. The summed E-state index contributed by atoms with van der Waals surface area (Å²) < 4.78 is 40.0. The van der Waals surface area contributed by atoms with Gasteiger partial charge in [0.2, 0.25) is 5.91 Å². The van der Waals surface area contributed by atoms with Crippen LogP contribution in [0.2, 0.25) is 0 Å². The van der Waals surface area contributed by atoms with Gasteiger partial charge in [-0.25, -0.2) is 4.79 Å². The summed E-state index contributed by atoms with van der Waals surface area (Å²) in [5, 5.41) is 11.7. The van der Waals surface area contributed by atoms with Gasteiger partial charge < -0.3 is 20.9 Å². The number of nitrogens with two attached hydrogens (primary N) is 1. The molecular formula is C22H22F3N5O2. The first-order valence-corrected chi connectivity index (χ1v) is 9.96. The molecule has 0 bridgehead atoms. The smallest absolute Gasteiger partial charge is 0.368 e. The zero-order valence-corrected chi connectivity index (χ0v) is 17.3. The van der Waals surface area contributed by atoms with Crippen molar-refractivity contribution in [3.05, 3.63) is 59.2 Å². The van der Waals surface area contributed by atoms with Gasteiger partial charge in [0, 0.05) is 24.5 Å². The molecule has 1 heterocycles. The maximum absolute atomic E-state index is 13.3. The molecule has 10 heteroatoms. The highest BCUT2D eigenvalue weighted by Crippen LogP contribution is 2.35. The van der Waals surface area contributed by atoms with Crippen LogP contribution in [0.15, 0.2) is 42.5 Å². The number of nitriles is 1. The lowest BCUT2D eigenvalue weighted by Gasteiger charge is -2.41. The molecule has 3 N–H and O–H groups in total. The van der Waals surface area contributed by atoms with Crippen molar-refractivity contribution in [2.45, 2.75) is 25.6 Å². The molecule has 0 aliphatic carbocycles. The Labute approximate surface area is 183 Å². The third-order valence-corrected chi connectivity index (χ3v) is 5.37. The van der Waals surface area contributed by atoms with E-state index in [0.29, 0.717) is 5.69 Å². The monoisotopic (exact) mass is 445 g/mol. The van der Waals surface area contributed by atoms with Crippen LogP contribution >= 0.6 is 0 Å². The summed E-state index contributed by atoms with van der Waals surface area (Å²) in [6.07, 6.45) is -3.86. The van der Waals surface area contributed by atoms with Gasteiger partial charge >= 0.3 is 12.2 Å². The van der Waals surface area contributed by atoms with Gasteiger partial charge in [0.15, 0.2) is 0 Å². The Morgan fingerprint density at radius 3 is 2.44 bits per heavy atom. The van der Waals surface area contributed by atoms with Crippen molar-refractivity contribution in [2.24, 2.45) is 5.73 Å². The lowest BCUT2D eigenvalue weighted by Crippen LogP contribution is -2.60. The Morgan fingerprint density at radius 2 is 1.88 bits per heavy atom. The standard InChI is InChI=1S/C22H22F3N5O2/c1-2-14-3-6-16(7-4-14)28-21(32)29-9-10-30(19(13-29)20(27)31)17-8-5-15(12-26)18(11-17)22(23,24)25/h3-8,11,19H,2,9-10,13H2,1H3,(H2,27,31)(H,28,32). The highest BCUT2D eigenvalue weighted by molar-refractivity contribution is 5.91. The van der Waals surface area contributed by atoms with Crippen LogP contribution in [0.4, 0.5) is 29.3 Å². The van der Waals surface area contributed by atoms with Crippen LogP contribution in [-0.2, 0) is 17.4 Å². The summed E-state index contributed by atoms with van der Waals surface area (Å²) in [6.45, 7) is 2.20. The highest BCUT2D eigenvalue weighted by Gasteiger charge is 2.37. The molecule has 3 amide bonds. The number of alkyl halides is 3. The minimum atomic E-state index is -4.72. The molecule has 0 saturated carbocycles. The van der Waals surface area contributed by atoms with Crippen LogP contribution in [0.1, 0.15) is 23.6 Å². The molecule has 1 atom stereocenters. The fraction of sp³-hybridized carbons (Fsp3) is 0.318. The number of amides is 3. The summed E-state index contributed by atoms with van der Waals surface area (Å²) in [7, 11) is 0. The highest BCUT2D eigenvalue weighted by atomic mass is 19.4. The SMILES string of the molecule is CCc1ccc(NC(=O)N2CCN(c3ccc(C#N)c(C(F)(F)F)c3)C(C(N)=O)C2)cc1. The van der Waals surface area contributed by atoms with Gasteiger partial charge in [-0.15, -0.1) is 0 Å². The minimum absolute atomic E-state index is 0.0877. The van der Waals surface area contributed by atoms with Crippen molar-refractivity contribution in [2.75, 3.05) is 29.9 Å². The molecular weight excluding hydrogens is 423 g/mol. The van der Waals surface area contributed by atoms with Crippen LogP contribution in [0.25, 0.3) is 0 Å². The number of hydrogen-bond donors (Lipinski definition) is 2. The second-order valence-corrected chi connectivity index (χ2v) is 7.38. The molecule has 2 aromatic carbocycles. The zero-order chi connectivity index (χ0) is 23.5. The normalized spacial score (nSPS) is 16.4. The van der Waals surface area contributed by atoms with Crippen LogP contribution in [0, 0.1) is 11.3 Å². The summed E-state index contributed by atoms with van der Waals surface area (Å²) in [6, 6.07) is 10.6. The molecule has 1 saturated heterocycles. The minimum Gasteiger partial charge on any atom is -0.368 e. The van der Waals surface area contributed by atoms with Gasteiger partial charge in [-0.3, -0.25) is 4.79 Å². The molecule has 1 unspecified atom stereocenters. The maximum atomic E-state index is 13.3. The van der Waals surface area contributed by atoms with E-state index in [2.05, 4.69) is 5.32 Å². The van der Waals surface area contributed by atoms with Crippen molar-refractivity contribution < 1.29 is 22.8 Å². The molecule has 1 aliphatic rings. The van der Waals surface area contributed by atoms with Crippen LogP contribution < -0.4 is 16.0 Å². The fourth-order valence-corrected chi connectivity index (χ4v) is 3.59. The Kier molecular flexibility index (Phi) is 6.58. The molecule has 1 aliphatic heterocycles. The Hall–Kier alpha value is -3.74. The molecule has 2 aromatic rings. The third kappa shape index (κ3) is 4.94. The number of nitrogens with zero attached hydrogens (tertiary/aromatic N) is 3. The van der Waals surface area contributed by atoms with E-state index in [0.717, 1.165) is 24.1 Å². The quantitative estimate of drug-likeness (QED) is 0.753. The summed E-state index contributed by atoms with van der Waals surface area (Å²) >= 11 is 0. The number of urea groups is 1. The first-order chi connectivity index (χ1) is 15.1. The van der Waals surface area contributed by atoms with E-state index in [4.69, 9.17) is 11.0 Å². The van der Waals surface area contributed by atoms with E-state index in [-0.39, 0.29) is 25.3 Å². The third-order valence-electron chi connectivity index (χ3n) is 5.37. The number of primary amides is 1. The van der Waals surface area contributed by atoms with Crippen molar-refractivity contribution in [3.8, 4) is 6.07 Å². The van der Waals surface area contributed by atoms with Crippen LogP contribution in [-0.4, -0.2) is 42.5 Å². The van der Waals surface area contributed by atoms with Crippen molar-refractivity contribution in [3.63, 3.8) is 0 Å². The molecule has 0 radical (unpaired) electrons. The van der Waals surface area contributed by atoms with Gasteiger partial charge in [-0.05, 0) is 42.3 Å². The Morgan fingerprint density at radius 1 is 1.19 bits per heavy atom. The van der Waals surface area contributed by atoms with E-state index in [9.17, 15) is 22.8 Å². The van der Waals surface area contributed by atoms with Gasteiger partial charge in [0.25, 0.3) is 0 Å². The fourth-order valence-electron chi connectivity index (χ4n) is 3.59. The second kappa shape index (κ2) is 9.18. The number of anilines is 2. The number of carbonyl (C=O) groups excluding carboxylic acids is 2. The predicted molar refractivity (Wildman–Crippen MR) is 113 cm³/mol. The number of benzene rings is 2. The number of carbonyl (C=O) groups is 2. The number of nitrogens with one attached hydrogen (secondary N) is 1. The molecule has 168 valence electrons. The van der Waals surface area contributed by atoms with Gasteiger partial charge in [0.05, 0.1) is 23.7 Å². The average Bonchev–Trinajstić information content (AvgIpc) is 2.78. The predicted octanol–water partition coefficient (Wildman–Crippen LogP) is 3.35. The summed E-state index contributed by atoms with van der Waals surface area (Å²) in [5.41, 5.74) is 5.72. The van der Waals surface area contributed by atoms with E-state index in [1.165, 1.54) is 21.9 Å². The molecule has 7 nitrogen and oxygen atoms in total. The van der Waals surface area contributed by atoms with Crippen molar-refractivity contribution in [1.29, 1.82) is 5.26 Å². The Bertz CT molecular complexity index is 1050. The average molecular weight is 445 g/mol. The second-order valence-electron chi connectivity index (χ2n) is 7.38. The van der Waals surface area contributed by atoms with E-state index in [1.807, 2.05) is 19.1 Å². The molecule has 32 heavy (non-hydrogen) atoms. The molecule has 0 aromatic heterocycles. The number of halogens is 3. The topological polar surface area (TPSA) is 102 Å². The van der Waals surface area contributed by atoms with Crippen LogP contribution in [0.3, 0.4) is 0 Å². The maximum Gasteiger partial charge on any atom is 0.417 e. The lowest BCUT2D eigenvalue weighted by molar-refractivity contribution is -0.137. The largest absolute Gasteiger partial charge is 0.417 e. The number of aryl methyl sites for hydroxylation is 1. The van der Waals surface area contributed by atoms with E-state index in [1.54, 1.807) is 12.1 Å². The van der Waals surface area contributed by atoms with Gasteiger partial charge in [-0.1, -0.05) is 19.1 Å². The van der Waals surface area contributed by atoms with Crippen molar-refractivity contribution >= 4 is 23.3 Å². The molecule has 1 fully saturated rings. The van der Waals surface area contributed by atoms with Gasteiger partial charge in [0.1, 0.15) is 6.04 Å². The number of piperazine rings is 1. The Balaban J connectivity index is 1.79. The summed E-state index contributed by atoms with van der Waals surface area (Å²) in [5.74, 6) is -0.771. The van der Waals surface area contributed by atoms with Crippen LogP contribution in [0.5, 0.6) is 0 Å². The number of hydrogen-bond acceptors (Lipinski definition) is 4. The van der Waals surface area contributed by atoms with E-state index < -0.39 is 35.3 Å². The van der Waals surface area contributed by atoms with E-state index >= 15 is 0 Å². The summed E-state index contributed by atoms with van der Waals surface area (Å²) in [4.78, 5) is 27.6. The molecule has 3 rings (SSSR count). The first kappa shape index (κ1) is 22.9. The molecule has 0 spiro atoms. The first-order valence-electron chi connectivity index (χ1n) is 9.96. The van der Waals surface area contributed by atoms with Crippen molar-refractivity contribution in [1.82, 2.24) is 4.90 Å².